The van der Waals surface area contributed by atoms with Gasteiger partial charge in [-0.05, 0) is 36.8 Å². The van der Waals surface area contributed by atoms with Crippen LogP contribution < -0.4 is 15.4 Å². The molecule has 2 aromatic heterocycles. The summed E-state index contributed by atoms with van der Waals surface area (Å²) in [5, 5.41) is 5.95. The monoisotopic (exact) mass is 376 g/mol. The summed E-state index contributed by atoms with van der Waals surface area (Å²) < 4.78 is 40.6. The quantitative estimate of drug-likeness (QED) is 0.710. The average Bonchev–Trinajstić information content (AvgIpc) is 2.60. The van der Waals surface area contributed by atoms with Crippen LogP contribution >= 0.6 is 0 Å². The molecule has 0 saturated carbocycles. The van der Waals surface area contributed by atoms with Crippen molar-refractivity contribution in [1.29, 1.82) is 0 Å². The number of carbonyl (C=O) groups is 1. The summed E-state index contributed by atoms with van der Waals surface area (Å²) in [6, 6.07) is 8.65. The maximum absolute atomic E-state index is 12.2. The first kappa shape index (κ1) is 18.4. The molecule has 0 atom stereocenters. The molecule has 3 rings (SSSR count). The van der Waals surface area contributed by atoms with Crippen molar-refractivity contribution in [2.24, 2.45) is 0 Å². The SMILES string of the molecule is CCNC(=O)Nc1cnc2ncc(-c3ccc(OC(F)(F)F)cc3)cc2c1. The van der Waals surface area contributed by atoms with Gasteiger partial charge in [-0.3, -0.25) is 0 Å². The number of carbonyl (C=O) groups excluding carboxylic acids is 1. The lowest BCUT2D eigenvalue weighted by Crippen LogP contribution is -2.28. The van der Waals surface area contributed by atoms with Crippen molar-refractivity contribution in [3.63, 3.8) is 0 Å². The number of hydrogen-bond acceptors (Lipinski definition) is 4. The average molecular weight is 376 g/mol. The Morgan fingerprint density at radius 3 is 2.44 bits per heavy atom. The van der Waals surface area contributed by atoms with Crippen molar-refractivity contribution in [2.75, 3.05) is 11.9 Å². The lowest BCUT2D eigenvalue weighted by molar-refractivity contribution is -0.274. The third-order valence-corrected chi connectivity index (χ3v) is 3.55. The first-order valence-corrected chi connectivity index (χ1v) is 8.01. The van der Waals surface area contributed by atoms with Gasteiger partial charge >= 0.3 is 12.4 Å². The molecule has 6 nitrogen and oxygen atoms in total. The molecule has 0 spiro atoms. The summed E-state index contributed by atoms with van der Waals surface area (Å²) >= 11 is 0. The number of nitrogens with zero attached hydrogens (tertiary/aromatic N) is 2. The van der Waals surface area contributed by atoms with Crippen molar-refractivity contribution in [3.8, 4) is 16.9 Å². The molecule has 0 aliphatic heterocycles. The lowest BCUT2D eigenvalue weighted by atomic mass is 10.1. The normalized spacial score (nSPS) is 11.3. The Labute approximate surface area is 152 Å². The summed E-state index contributed by atoms with van der Waals surface area (Å²) in [5.74, 6) is -0.296. The zero-order chi connectivity index (χ0) is 19.4. The first-order valence-electron chi connectivity index (χ1n) is 8.01. The fourth-order valence-corrected chi connectivity index (χ4v) is 2.44. The zero-order valence-corrected chi connectivity index (χ0v) is 14.2. The number of aromatic nitrogens is 2. The third kappa shape index (κ3) is 4.84. The summed E-state index contributed by atoms with van der Waals surface area (Å²) in [4.78, 5) is 20.0. The minimum Gasteiger partial charge on any atom is -0.406 e. The molecule has 2 heterocycles. The topological polar surface area (TPSA) is 76.1 Å². The summed E-state index contributed by atoms with van der Waals surface area (Å²) in [6.07, 6.45) is -1.66. The van der Waals surface area contributed by atoms with Crippen LogP contribution in [0.4, 0.5) is 23.7 Å². The van der Waals surface area contributed by atoms with E-state index in [-0.39, 0.29) is 11.8 Å². The molecule has 0 radical (unpaired) electrons. The molecule has 0 saturated heterocycles. The van der Waals surface area contributed by atoms with Gasteiger partial charge in [0.15, 0.2) is 5.65 Å². The fourth-order valence-electron chi connectivity index (χ4n) is 2.44. The van der Waals surface area contributed by atoms with E-state index in [9.17, 15) is 18.0 Å². The predicted octanol–water partition coefficient (Wildman–Crippen LogP) is 4.34. The molecule has 27 heavy (non-hydrogen) atoms. The second-order valence-electron chi connectivity index (χ2n) is 5.55. The van der Waals surface area contributed by atoms with Gasteiger partial charge in [0.05, 0.1) is 11.9 Å². The molecule has 0 bridgehead atoms. The summed E-state index contributed by atoms with van der Waals surface area (Å²) in [7, 11) is 0. The van der Waals surface area contributed by atoms with Crippen molar-refractivity contribution >= 4 is 22.8 Å². The number of urea groups is 1. The molecule has 0 aliphatic carbocycles. The second kappa shape index (κ2) is 7.48. The molecule has 3 aromatic rings. The summed E-state index contributed by atoms with van der Waals surface area (Å²) in [6.45, 7) is 2.30. The zero-order valence-electron chi connectivity index (χ0n) is 14.2. The van der Waals surface area contributed by atoms with Crippen molar-refractivity contribution in [1.82, 2.24) is 15.3 Å². The maximum Gasteiger partial charge on any atom is 0.573 e. The third-order valence-electron chi connectivity index (χ3n) is 3.55. The van der Waals surface area contributed by atoms with Crippen LogP contribution in [0.5, 0.6) is 5.75 Å². The molecule has 0 aliphatic rings. The highest BCUT2D eigenvalue weighted by Crippen LogP contribution is 2.28. The van der Waals surface area contributed by atoms with Gasteiger partial charge in [-0.2, -0.15) is 0 Å². The second-order valence-corrected chi connectivity index (χ2v) is 5.55. The Kier molecular flexibility index (Phi) is 5.11. The number of ether oxygens (including phenoxy) is 1. The number of hydrogen-bond donors (Lipinski definition) is 2. The van der Waals surface area contributed by atoms with E-state index in [2.05, 4.69) is 25.3 Å². The number of nitrogens with one attached hydrogen (secondary N) is 2. The Morgan fingerprint density at radius 1 is 1.07 bits per heavy atom. The largest absolute Gasteiger partial charge is 0.573 e. The fraction of sp³-hybridized carbons (Fsp3) is 0.167. The number of halogens is 3. The lowest BCUT2D eigenvalue weighted by Gasteiger charge is -2.10. The van der Waals surface area contributed by atoms with Crippen LogP contribution in [0, 0.1) is 0 Å². The predicted molar refractivity (Wildman–Crippen MR) is 94.4 cm³/mol. The number of pyridine rings is 2. The van der Waals surface area contributed by atoms with E-state index in [4.69, 9.17) is 0 Å². The minimum atomic E-state index is -4.73. The van der Waals surface area contributed by atoms with Gasteiger partial charge in [0.25, 0.3) is 0 Å². The van der Waals surface area contributed by atoms with Gasteiger partial charge in [-0.25, -0.2) is 14.8 Å². The van der Waals surface area contributed by atoms with E-state index in [1.54, 1.807) is 25.3 Å². The smallest absolute Gasteiger partial charge is 0.406 e. The van der Waals surface area contributed by atoms with E-state index in [1.165, 1.54) is 30.5 Å². The molecule has 0 unspecified atom stereocenters. The van der Waals surface area contributed by atoms with Gasteiger partial charge in [0.1, 0.15) is 5.75 Å². The van der Waals surface area contributed by atoms with E-state index < -0.39 is 6.36 Å². The van der Waals surface area contributed by atoms with Gasteiger partial charge < -0.3 is 15.4 Å². The molecular formula is C18H15F3N4O2. The number of anilines is 1. The Hall–Kier alpha value is -3.36. The Balaban J connectivity index is 1.85. The van der Waals surface area contributed by atoms with Crippen molar-refractivity contribution < 1.29 is 22.7 Å². The van der Waals surface area contributed by atoms with E-state index in [1.807, 2.05) is 0 Å². The molecule has 2 amide bonds. The van der Waals surface area contributed by atoms with Crippen LogP contribution in [0.25, 0.3) is 22.2 Å². The molecular weight excluding hydrogens is 361 g/mol. The van der Waals surface area contributed by atoms with Gasteiger partial charge in [0, 0.05) is 23.7 Å². The number of benzene rings is 1. The Morgan fingerprint density at radius 2 is 1.78 bits per heavy atom. The highest BCUT2D eigenvalue weighted by molar-refractivity contribution is 5.92. The number of rotatable bonds is 4. The number of fused-ring (bicyclic) bond motifs is 1. The van der Waals surface area contributed by atoms with Gasteiger partial charge in [-0.15, -0.1) is 13.2 Å². The minimum absolute atomic E-state index is 0.296. The Bertz CT molecular complexity index is 959. The molecule has 9 heteroatoms. The van der Waals surface area contributed by atoms with Crippen LogP contribution in [0.15, 0.2) is 48.8 Å². The van der Waals surface area contributed by atoms with Gasteiger partial charge in [0.2, 0.25) is 0 Å². The summed E-state index contributed by atoms with van der Waals surface area (Å²) in [5.41, 5.74) is 2.34. The molecule has 2 N–H and O–H groups in total. The number of amides is 2. The van der Waals surface area contributed by atoms with E-state index in [0.717, 1.165) is 0 Å². The highest BCUT2D eigenvalue weighted by Gasteiger charge is 2.30. The van der Waals surface area contributed by atoms with E-state index in [0.29, 0.717) is 34.4 Å². The van der Waals surface area contributed by atoms with Crippen LogP contribution in [0.2, 0.25) is 0 Å². The van der Waals surface area contributed by atoms with Crippen LogP contribution in [0.3, 0.4) is 0 Å². The van der Waals surface area contributed by atoms with Crippen molar-refractivity contribution in [2.45, 2.75) is 13.3 Å². The molecule has 1 aromatic carbocycles. The highest BCUT2D eigenvalue weighted by atomic mass is 19.4. The van der Waals surface area contributed by atoms with Gasteiger partial charge in [-0.1, -0.05) is 12.1 Å². The first-order chi connectivity index (χ1) is 12.8. The van der Waals surface area contributed by atoms with Crippen LogP contribution in [0.1, 0.15) is 6.92 Å². The maximum atomic E-state index is 12.2. The van der Waals surface area contributed by atoms with Crippen LogP contribution in [-0.2, 0) is 0 Å². The van der Waals surface area contributed by atoms with E-state index >= 15 is 0 Å². The van der Waals surface area contributed by atoms with Crippen LogP contribution in [-0.4, -0.2) is 28.9 Å². The standard InChI is InChI=1S/C18H15F3N4O2/c1-2-22-17(26)25-14-8-12-7-13(9-23-16(12)24-10-14)11-3-5-15(6-4-11)27-18(19,20)21/h3-10H,2H2,1H3,(H2,22,25,26). The van der Waals surface area contributed by atoms with Crippen molar-refractivity contribution in [3.05, 3.63) is 48.8 Å². The molecule has 140 valence electrons. The molecule has 0 fully saturated rings. The number of alkyl halides is 3.